The van der Waals surface area contributed by atoms with Crippen molar-refractivity contribution in [3.63, 3.8) is 0 Å². The SMILES string of the molecule is CC1(C(=O)O)CCc2cnc(Cc3ccccc3)nc21. The topological polar surface area (TPSA) is 63.1 Å². The maximum Gasteiger partial charge on any atom is 0.315 e. The van der Waals surface area contributed by atoms with Gasteiger partial charge in [0.1, 0.15) is 11.2 Å². The van der Waals surface area contributed by atoms with Gasteiger partial charge in [0.2, 0.25) is 0 Å². The monoisotopic (exact) mass is 268 g/mol. The molecule has 1 heterocycles. The lowest BCUT2D eigenvalue weighted by atomic mass is 9.88. The molecule has 0 saturated heterocycles. The molecule has 102 valence electrons. The average Bonchev–Trinajstić information content (AvgIpc) is 2.79. The molecule has 0 bridgehead atoms. The van der Waals surface area contributed by atoms with Gasteiger partial charge in [0.25, 0.3) is 0 Å². The second-order valence-electron chi connectivity index (χ2n) is 5.46. The second kappa shape index (κ2) is 4.71. The van der Waals surface area contributed by atoms with Crippen molar-refractivity contribution >= 4 is 5.97 Å². The Kier molecular flexibility index (Phi) is 3.01. The summed E-state index contributed by atoms with van der Waals surface area (Å²) in [4.78, 5) is 20.4. The Balaban J connectivity index is 1.95. The summed E-state index contributed by atoms with van der Waals surface area (Å²) in [6.07, 6.45) is 3.75. The molecule has 0 spiro atoms. The lowest BCUT2D eigenvalue weighted by Gasteiger charge is -2.18. The number of aliphatic carboxylic acids is 1. The second-order valence-corrected chi connectivity index (χ2v) is 5.46. The van der Waals surface area contributed by atoms with Crippen LogP contribution in [0.2, 0.25) is 0 Å². The Morgan fingerprint density at radius 2 is 2.10 bits per heavy atom. The van der Waals surface area contributed by atoms with Crippen LogP contribution in [0.1, 0.15) is 36.0 Å². The van der Waals surface area contributed by atoms with E-state index < -0.39 is 11.4 Å². The third-order valence-corrected chi connectivity index (χ3v) is 4.01. The van der Waals surface area contributed by atoms with Crippen LogP contribution >= 0.6 is 0 Å². The van der Waals surface area contributed by atoms with Crippen molar-refractivity contribution in [3.8, 4) is 0 Å². The Bertz CT molecular complexity index is 655. The molecule has 1 N–H and O–H groups in total. The number of carboxylic acids is 1. The molecule has 4 nitrogen and oxygen atoms in total. The first kappa shape index (κ1) is 12.8. The minimum Gasteiger partial charge on any atom is -0.481 e. The van der Waals surface area contributed by atoms with E-state index in [9.17, 15) is 9.90 Å². The van der Waals surface area contributed by atoms with Gasteiger partial charge >= 0.3 is 5.97 Å². The number of carboxylic acid groups (broad SMARTS) is 1. The first-order chi connectivity index (χ1) is 9.59. The van der Waals surface area contributed by atoms with Gasteiger partial charge in [-0.3, -0.25) is 4.79 Å². The fourth-order valence-electron chi connectivity index (χ4n) is 2.68. The van der Waals surface area contributed by atoms with Crippen LogP contribution in [-0.2, 0) is 23.1 Å². The molecule has 1 unspecified atom stereocenters. The van der Waals surface area contributed by atoms with Crippen LogP contribution in [0.3, 0.4) is 0 Å². The molecule has 1 atom stereocenters. The van der Waals surface area contributed by atoms with Crippen LogP contribution in [-0.4, -0.2) is 21.0 Å². The van der Waals surface area contributed by atoms with Crippen molar-refractivity contribution in [2.45, 2.75) is 31.6 Å². The Labute approximate surface area is 117 Å². The molecule has 1 aromatic heterocycles. The van der Waals surface area contributed by atoms with Crippen LogP contribution < -0.4 is 0 Å². The number of aryl methyl sites for hydroxylation is 1. The third-order valence-electron chi connectivity index (χ3n) is 4.01. The standard InChI is InChI=1S/C16H16N2O2/c1-16(15(19)20)8-7-12-10-17-13(18-14(12)16)9-11-5-3-2-4-6-11/h2-6,10H,7-9H2,1H3,(H,19,20). The van der Waals surface area contributed by atoms with E-state index in [1.165, 1.54) is 0 Å². The fourth-order valence-corrected chi connectivity index (χ4v) is 2.68. The highest BCUT2D eigenvalue weighted by atomic mass is 16.4. The minimum atomic E-state index is -0.871. The lowest BCUT2D eigenvalue weighted by molar-refractivity contribution is -0.143. The summed E-state index contributed by atoms with van der Waals surface area (Å²) in [5.74, 6) is -0.120. The summed E-state index contributed by atoms with van der Waals surface area (Å²) >= 11 is 0. The molecular weight excluding hydrogens is 252 g/mol. The van der Waals surface area contributed by atoms with E-state index in [0.717, 1.165) is 17.5 Å². The first-order valence-electron chi connectivity index (χ1n) is 6.72. The zero-order valence-corrected chi connectivity index (χ0v) is 11.3. The number of rotatable bonds is 3. The maximum atomic E-state index is 11.5. The number of hydrogen-bond acceptors (Lipinski definition) is 3. The highest BCUT2D eigenvalue weighted by Gasteiger charge is 2.43. The van der Waals surface area contributed by atoms with Gasteiger partial charge in [-0.25, -0.2) is 9.97 Å². The van der Waals surface area contributed by atoms with Gasteiger partial charge in [0.05, 0.1) is 5.69 Å². The van der Waals surface area contributed by atoms with Crippen molar-refractivity contribution in [3.05, 3.63) is 59.2 Å². The van der Waals surface area contributed by atoms with Crippen molar-refractivity contribution in [2.75, 3.05) is 0 Å². The Morgan fingerprint density at radius 1 is 1.35 bits per heavy atom. The first-order valence-corrected chi connectivity index (χ1v) is 6.72. The highest BCUT2D eigenvalue weighted by Crippen LogP contribution is 2.37. The molecular formula is C16H16N2O2. The van der Waals surface area contributed by atoms with Gasteiger partial charge in [0, 0.05) is 12.6 Å². The van der Waals surface area contributed by atoms with Crippen LogP contribution in [0.25, 0.3) is 0 Å². The smallest absolute Gasteiger partial charge is 0.315 e. The van der Waals surface area contributed by atoms with E-state index in [1.807, 2.05) is 30.3 Å². The van der Waals surface area contributed by atoms with E-state index in [0.29, 0.717) is 24.4 Å². The fraction of sp³-hybridized carbons (Fsp3) is 0.312. The summed E-state index contributed by atoms with van der Waals surface area (Å²) in [6.45, 7) is 1.75. The van der Waals surface area contributed by atoms with E-state index in [4.69, 9.17) is 0 Å². The van der Waals surface area contributed by atoms with Gasteiger partial charge < -0.3 is 5.11 Å². The number of aromatic nitrogens is 2. The zero-order valence-electron chi connectivity index (χ0n) is 11.3. The summed E-state index contributed by atoms with van der Waals surface area (Å²) in [7, 11) is 0. The third kappa shape index (κ3) is 2.07. The van der Waals surface area contributed by atoms with E-state index >= 15 is 0 Å². The number of hydrogen-bond donors (Lipinski definition) is 1. The Hall–Kier alpha value is -2.23. The number of benzene rings is 1. The summed E-state index contributed by atoms with van der Waals surface area (Å²) < 4.78 is 0. The average molecular weight is 268 g/mol. The molecule has 0 radical (unpaired) electrons. The lowest BCUT2D eigenvalue weighted by Crippen LogP contribution is -2.30. The number of carbonyl (C=O) groups is 1. The summed E-state index contributed by atoms with van der Waals surface area (Å²) in [5.41, 5.74) is 1.91. The summed E-state index contributed by atoms with van der Waals surface area (Å²) in [5, 5.41) is 9.44. The van der Waals surface area contributed by atoms with Crippen LogP contribution in [0.15, 0.2) is 36.5 Å². The molecule has 1 aliphatic carbocycles. The van der Waals surface area contributed by atoms with Crippen molar-refractivity contribution in [1.82, 2.24) is 9.97 Å². The van der Waals surface area contributed by atoms with Crippen molar-refractivity contribution in [1.29, 1.82) is 0 Å². The minimum absolute atomic E-state index is 0.598. The van der Waals surface area contributed by atoms with E-state index in [1.54, 1.807) is 13.1 Å². The predicted octanol–water partition coefficient (Wildman–Crippen LogP) is 2.36. The largest absolute Gasteiger partial charge is 0.481 e. The zero-order chi connectivity index (χ0) is 14.2. The molecule has 3 rings (SSSR count). The molecule has 0 saturated carbocycles. The van der Waals surface area contributed by atoms with E-state index in [-0.39, 0.29) is 0 Å². The van der Waals surface area contributed by atoms with Gasteiger partial charge in [-0.15, -0.1) is 0 Å². The van der Waals surface area contributed by atoms with Crippen molar-refractivity contribution in [2.24, 2.45) is 0 Å². The van der Waals surface area contributed by atoms with Gasteiger partial charge in [0.15, 0.2) is 0 Å². The molecule has 0 fully saturated rings. The molecule has 2 aromatic rings. The predicted molar refractivity (Wildman–Crippen MR) is 74.6 cm³/mol. The van der Waals surface area contributed by atoms with Gasteiger partial charge in [-0.1, -0.05) is 30.3 Å². The molecule has 1 aromatic carbocycles. The molecule has 4 heteroatoms. The summed E-state index contributed by atoms with van der Waals surface area (Å²) in [6, 6.07) is 9.96. The van der Waals surface area contributed by atoms with Crippen LogP contribution in [0, 0.1) is 0 Å². The van der Waals surface area contributed by atoms with Crippen molar-refractivity contribution < 1.29 is 9.90 Å². The quantitative estimate of drug-likeness (QED) is 0.928. The van der Waals surface area contributed by atoms with Crippen LogP contribution in [0.4, 0.5) is 0 Å². The maximum absolute atomic E-state index is 11.5. The van der Waals surface area contributed by atoms with Crippen LogP contribution in [0.5, 0.6) is 0 Å². The molecule has 0 amide bonds. The van der Waals surface area contributed by atoms with Gasteiger partial charge in [-0.2, -0.15) is 0 Å². The molecule has 1 aliphatic rings. The number of nitrogens with zero attached hydrogens (tertiary/aromatic N) is 2. The normalized spacial score (nSPS) is 20.6. The molecule has 20 heavy (non-hydrogen) atoms. The van der Waals surface area contributed by atoms with Gasteiger partial charge in [-0.05, 0) is 30.9 Å². The molecule has 0 aliphatic heterocycles. The Morgan fingerprint density at radius 3 is 2.80 bits per heavy atom. The highest BCUT2D eigenvalue weighted by molar-refractivity contribution is 5.81. The number of fused-ring (bicyclic) bond motifs is 1. The van der Waals surface area contributed by atoms with E-state index in [2.05, 4.69) is 9.97 Å².